The molecule has 3 aromatic heterocycles. The molecule has 30 heavy (non-hydrogen) atoms. The highest BCUT2D eigenvalue weighted by molar-refractivity contribution is 9.11. The Balaban J connectivity index is 1.32. The quantitative estimate of drug-likeness (QED) is 0.461. The largest absolute Gasteiger partial charge is 0.347 e. The van der Waals surface area contributed by atoms with Crippen LogP contribution < -0.4 is 5.32 Å². The second-order valence-corrected chi connectivity index (χ2v) is 9.46. The fourth-order valence-corrected chi connectivity index (χ4v) is 4.87. The molecular formula is C20H18BrN7OS. The number of carbonyl (C=O) groups excluding carboxylic acids is 1. The maximum absolute atomic E-state index is 12.9. The van der Waals surface area contributed by atoms with Crippen LogP contribution in [0.4, 0.5) is 0 Å². The Bertz CT molecular complexity index is 1190. The summed E-state index contributed by atoms with van der Waals surface area (Å²) in [7, 11) is 0. The predicted octanol–water partition coefficient (Wildman–Crippen LogP) is 3.61. The molecule has 152 valence electrons. The summed E-state index contributed by atoms with van der Waals surface area (Å²) in [6.07, 6.45) is 3.07. The molecule has 5 rings (SSSR count). The van der Waals surface area contributed by atoms with Gasteiger partial charge < -0.3 is 5.32 Å². The average Bonchev–Trinajstić information content (AvgIpc) is 3.47. The molecule has 4 aromatic rings. The van der Waals surface area contributed by atoms with E-state index in [-0.39, 0.29) is 11.9 Å². The molecule has 0 saturated heterocycles. The van der Waals surface area contributed by atoms with E-state index in [9.17, 15) is 4.79 Å². The van der Waals surface area contributed by atoms with Crippen LogP contribution in [0.2, 0.25) is 0 Å². The maximum Gasteiger partial charge on any atom is 0.270 e. The lowest BCUT2D eigenvalue weighted by molar-refractivity contribution is 0.0925. The van der Waals surface area contributed by atoms with E-state index in [4.69, 9.17) is 0 Å². The van der Waals surface area contributed by atoms with Gasteiger partial charge in [-0.3, -0.25) is 9.89 Å². The third kappa shape index (κ3) is 3.56. The first kappa shape index (κ1) is 19.1. The lowest BCUT2D eigenvalue weighted by Gasteiger charge is -2.23. The first-order chi connectivity index (χ1) is 14.6. The van der Waals surface area contributed by atoms with Gasteiger partial charge in [0.2, 0.25) is 0 Å². The van der Waals surface area contributed by atoms with Crippen molar-refractivity contribution in [2.24, 2.45) is 0 Å². The maximum atomic E-state index is 12.9. The molecule has 1 atom stereocenters. The number of hydrogen-bond acceptors (Lipinski definition) is 6. The number of hydrogen-bond donors (Lipinski definition) is 2. The van der Waals surface area contributed by atoms with Crippen LogP contribution in [-0.4, -0.2) is 41.9 Å². The topological polar surface area (TPSA) is 101 Å². The van der Waals surface area contributed by atoms with E-state index in [0.29, 0.717) is 24.2 Å². The summed E-state index contributed by atoms with van der Waals surface area (Å²) in [5.74, 6) is 1.42. The summed E-state index contributed by atoms with van der Waals surface area (Å²) in [5.41, 5.74) is 3.01. The van der Waals surface area contributed by atoms with Gasteiger partial charge in [-0.05, 0) is 29.3 Å². The molecule has 1 amide bonds. The molecule has 1 unspecified atom stereocenters. The Morgan fingerprint density at radius 1 is 1.30 bits per heavy atom. The molecule has 2 N–H and O–H groups in total. The van der Waals surface area contributed by atoms with E-state index >= 15 is 0 Å². The van der Waals surface area contributed by atoms with Crippen molar-refractivity contribution in [1.82, 2.24) is 35.3 Å². The van der Waals surface area contributed by atoms with Crippen LogP contribution in [0.25, 0.3) is 22.0 Å². The molecule has 8 nitrogen and oxygen atoms in total. The number of fused-ring (bicyclic) bond motifs is 1. The molecule has 0 saturated carbocycles. The van der Waals surface area contributed by atoms with Gasteiger partial charge in [0.05, 0.1) is 21.2 Å². The molecule has 1 aliphatic rings. The molecule has 0 fully saturated rings. The third-order valence-electron chi connectivity index (χ3n) is 5.07. The fourth-order valence-electron chi connectivity index (χ4n) is 3.51. The van der Waals surface area contributed by atoms with Crippen molar-refractivity contribution in [3.05, 3.63) is 57.5 Å². The third-order valence-corrected chi connectivity index (χ3v) is 7.11. The van der Waals surface area contributed by atoms with Gasteiger partial charge in [-0.25, -0.2) is 14.6 Å². The van der Waals surface area contributed by atoms with Crippen molar-refractivity contribution in [2.45, 2.75) is 32.4 Å². The number of rotatable bonds is 4. The number of amides is 1. The SMILES string of the molecule is Cc1nc(-c2cn[nH]c2C(=O)NC2CCn3nc(-c4ccccc4)nc3C2)sc1Br. The second kappa shape index (κ2) is 7.77. The number of halogens is 1. The first-order valence-corrected chi connectivity index (χ1v) is 11.2. The Hall–Kier alpha value is -2.85. The van der Waals surface area contributed by atoms with Gasteiger partial charge in [0.25, 0.3) is 5.91 Å². The molecule has 0 aliphatic carbocycles. The van der Waals surface area contributed by atoms with Crippen molar-refractivity contribution in [2.75, 3.05) is 0 Å². The van der Waals surface area contributed by atoms with Crippen molar-refractivity contribution in [3.63, 3.8) is 0 Å². The van der Waals surface area contributed by atoms with Gasteiger partial charge in [0, 0.05) is 24.6 Å². The number of nitrogens with zero attached hydrogens (tertiary/aromatic N) is 5. The number of carbonyl (C=O) groups is 1. The van der Waals surface area contributed by atoms with Gasteiger partial charge in [-0.2, -0.15) is 10.2 Å². The van der Waals surface area contributed by atoms with Crippen LogP contribution in [0.3, 0.4) is 0 Å². The predicted molar refractivity (Wildman–Crippen MR) is 117 cm³/mol. The summed E-state index contributed by atoms with van der Waals surface area (Å²) in [4.78, 5) is 22.1. The van der Waals surface area contributed by atoms with Crippen molar-refractivity contribution in [1.29, 1.82) is 0 Å². The summed E-state index contributed by atoms with van der Waals surface area (Å²) in [6.45, 7) is 2.64. The highest BCUT2D eigenvalue weighted by atomic mass is 79.9. The minimum Gasteiger partial charge on any atom is -0.347 e. The molecule has 1 aliphatic heterocycles. The van der Waals surface area contributed by atoms with E-state index < -0.39 is 0 Å². The Labute approximate surface area is 184 Å². The Kier molecular flexibility index (Phi) is 4.95. The monoisotopic (exact) mass is 483 g/mol. The van der Waals surface area contributed by atoms with E-state index in [0.717, 1.165) is 38.1 Å². The van der Waals surface area contributed by atoms with Crippen LogP contribution in [0.1, 0.15) is 28.4 Å². The van der Waals surface area contributed by atoms with Gasteiger partial charge in [0.1, 0.15) is 16.5 Å². The summed E-state index contributed by atoms with van der Waals surface area (Å²) in [6, 6.07) is 9.91. The van der Waals surface area contributed by atoms with Crippen LogP contribution in [0.5, 0.6) is 0 Å². The van der Waals surface area contributed by atoms with Gasteiger partial charge >= 0.3 is 0 Å². The molecule has 0 spiro atoms. The Morgan fingerprint density at radius 3 is 2.90 bits per heavy atom. The molecule has 0 bridgehead atoms. The lowest BCUT2D eigenvalue weighted by Crippen LogP contribution is -2.40. The number of H-pyrrole nitrogens is 1. The van der Waals surface area contributed by atoms with Crippen molar-refractivity contribution < 1.29 is 4.79 Å². The van der Waals surface area contributed by atoms with Crippen LogP contribution >= 0.6 is 27.3 Å². The first-order valence-electron chi connectivity index (χ1n) is 9.55. The number of nitrogens with one attached hydrogen (secondary N) is 2. The van der Waals surface area contributed by atoms with E-state index in [1.54, 1.807) is 6.20 Å². The number of thiazole rings is 1. The molecule has 1 aromatic carbocycles. The number of aryl methyl sites for hydroxylation is 2. The molecular weight excluding hydrogens is 466 g/mol. The van der Waals surface area contributed by atoms with E-state index in [1.165, 1.54) is 11.3 Å². The Morgan fingerprint density at radius 2 is 2.13 bits per heavy atom. The van der Waals surface area contributed by atoms with Crippen LogP contribution in [-0.2, 0) is 13.0 Å². The summed E-state index contributed by atoms with van der Waals surface area (Å²) in [5, 5.41) is 15.4. The van der Waals surface area contributed by atoms with E-state index in [1.807, 2.05) is 41.9 Å². The fraction of sp³-hybridized carbons (Fsp3) is 0.250. The van der Waals surface area contributed by atoms with Gasteiger partial charge in [-0.1, -0.05) is 30.3 Å². The number of aromatic nitrogens is 6. The van der Waals surface area contributed by atoms with Crippen LogP contribution in [0, 0.1) is 6.92 Å². The minimum atomic E-state index is -0.187. The minimum absolute atomic E-state index is 0.0151. The standard InChI is InChI=1S/C20H18BrN7OS/c1-11-17(21)30-20(23-11)14-10-22-26-16(14)19(29)24-13-7-8-28-15(9-13)25-18(27-28)12-5-3-2-4-6-12/h2-6,10,13H,7-9H2,1H3,(H,22,26)(H,24,29). The smallest absolute Gasteiger partial charge is 0.270 e. The highest BCUT2D eigenvalue weighted by Gasteiger charge is 2.26. The zero-order valence-corrected chi connectivity index (χ0v) is 18.5. The van der Waals surface area contributed by atoms with Gasteiger partial charge in [-0.15, -0.1) is 11.3 Å². The highest BCUT2D eigenvalue weighted by Crippen LogP contribution is 2.32. The normalized spacial score (nSPS) is 15.7. The summed E-state index contributed by atoms with van der Waals surface area (Å²) < 4.78 is 2.88. The van der Waals surface area contributed by atoms with Crippen molar-refractivity contribution in [3.8, 4) is 22.0 Å². The molecule has 10 heteroatoms. The number of benzene rings is 1. The van der Waals surface area contributed by atoms with Crippen LogP contribution in [0.15, 0.2) is 40.3 Å². The lowest BCUT2D eigenvalue weighted by atomic mass is 10.1. The number of aromatic amines is 1. The summed E-state index contributed by atoms with van der Waals surface area (Å²) >= 11 is 4.97. The van der Waals surface area contributed by atoms with Crippen molar-refractivity contribution >= 4 is 33.2 Å². The zero-order chi connectivity index (χ0) is 20.7. The zero-order valence-electron chi connectivity index (χ0n) is 16.1. The molecule has 0 radical (unpaired) electrons. The second-order valence-electron chi connectivity index (χ2n) is 7.14. The molecule has 4 heterocycles. The van der Waals surface area contributed by atoms with Gasteiger partial charge in [0.15, 0.2) is 5.82 Å². The average molecular weight is 484 g/mol. The van der Waals surface area contributed by atoms with E-state index in [2.05, 4.69) is 46.5 Å².